The van der Waals surface area contributed by atoms with Crippen molar-refractivity contribution < 1.29 is 32.3 Å². The van der Waals surface area contributed by atoms with Gasteiger partial charge in [-0.3, -0.25) is 19.3 Å². The molecule has 7 nitrogen and oxygen atoms in total. The highest BCUT2D eigenvalue weighted by Gasteiger charge is 2.48. The molecule has 2 aromatic rings. The average Bonchev–Trinajstić information content (AvgIpc) is 3.26. The maximum atomic E-state index is 12.5. The Hall–Kier alpha value is -2.95. The minimum absolute atomic E-state index is 0.271. The third kappa shape index (κ3) is 5.09. The lowest BCUT2D eigenvalue weighted by Gasteiger charge is -2.19. The topological polar surface area (TPSA) is 88.6 Å². The number of thiazole rings is 1. The molecule has 0 bridgehead atoms. The standard InChI is InChI=1S/C21H20F3N3O4S/c22-21(23,24)31-13-7-5-12(6-8-13)9-14-10-25-20(32-14)26-17(28)11-27-18(29)15-3-1-2-4-16(15)19(27)30/h5-8,10,15-16H,1-4,9,11H2,(H,25,26,28). The maximum absolute atomic E-state index is 12.5. The fourth-order valence-electron chi connectivity index (χ4n) is 4.15. The molecule has 3 amide bonds. The van der Waals surface area contributed by atoms with Gasteiger partial charge in [0, 0.05) is 17.5 Å². The number of benzene rings is 1. The van der Waals surface area contributed by atoms with E-state index in [1.807, 2.05) is 0 Å². The molecule has 2 heterocycles. The Labute approximate surface area is 185 Å². The fraction of sp³-hybridized carbons (Fsp3) is 0.429. The first-order valence-electron chi connectivity index (χ1n) is 10.1. The molecule has 1 saturated carbocycles. The van der Waals surface area contributed by atoms with Crippen LogP contribution >= 0.6 is 11.3 Å². The summed E-state index contributed by atoms with van der Waals surface area (Å²) in [4.78, 5) is 43.3. The second kappa shape index (κ2) is 8.89. The van der Waals surface area contributed by atoms with Gasteiger partial charge >= 0.3 is 6.36 Å². The number of hydrogen-bond acceptors (Lipinski definition) is 6. The van der Waals surface area contributed by atoms with Crippen LogP contribution in [0.15, 0.2) is 30.5 Å². The van der Waals surface area contributed by atoms with E-state index in [0.29, 0.717) is 24.4 Å². The Balaban J connectivity index is 1.32. The van der Waals surface area contributed by atoms with Crippen molar-refractivity contribution in [2.45, 2.75) is 38.5 Å². The molecule has 2 atom stereocenters. The molecule has 2 unspecified atom stereocenters. The molecule has 1 aliphatic carbocycles. The van der Waals surface area contributed by atoms with E-state index in [1.54, 1.807) is 6.20 Å². The van der Waals surface area contributed by atoms with E-state index in [2.05, 4.69) is 15.0 Å². The molecule has 0 radical (unpaired) electrons. The Bertz CT molecular complexity index is 998. The number of carbonyl (C=O) groups is 3. The summed E-state index contributed by atoms with van der Waals surface area (Å²) in [6.45, 7) is -0.333. The molecule has 2 fully saturated rings. The molecule has 2 aliphatic rings. The first-order valence-corrected chi connectivity index (χ1v) is 11.0. The second-order valence-electron chi connectivity index (χ2n) is 7.81. The molecule has 11 heteroatoms. The first kappa shape index (κ1) is 22.3. The van der Waals surface area contributed by atoms with Gasteiger partial charge in [-0.05, 0) is 30.5 Å². The van der Waals surface area contributed by atoms with E-state index in [1.165, 1.54) is 35.6 Å². The van der Waals surface area contributed by atoms with Crippen molar-refractivity contribution >= 4 is 34.2 Å². The summed E-state index contributed by atoms with van der Waals surface area (Å²) in [5, 5.41) is 2.93. The highest BCUT2D eigenvalue weighted by Crippen LogP contribution is 2.38. The first-order chi connectivity index (χ1) is 15.2. The molecular weight excluding hydrogens is 447 g/mol. The molecule has 32 heavy (non-hydrogen) atoms. The van der Waals surface area contributed by atoms with Crippen molar-refractivity contribution in [2.75, 3.05) is 11.9 Å². The third-order valence-electron chi connectivity index (χ3n) is 5.57. The number of fused-ring (bicyclic) bond motifs is 1. The number of amides is 3. The molecule has 1 N–H and O–H groups in total. The van der Waals surface area contributed by atoms with Crippen LogP contribution in [0, 0.1) is 11.8 Å². The predicted octanol–water partition coefficient (Wildman–Crippen LogP) is 3.75. The summed E-state index contributed by atoms with van der Waals surface area (Å²) in [5.41, 5.74) is 0.747. The number of imide groups is 1. The summed E-state index contributed by atoms with van der Waals surface area (Å²) < 4.78 is 40.6. The van der Waals surface area contributed by atoms with Crippen LogP contribution in [0.4, 0.5) is 18.3 Å². The number of likely N-dealkylation sites (tertiary alicyclic amines) is 1. The number of carbonyl (C=O) groups excluding carboxylic acids is 3. The van der Waals surface area contributed by atoms with Crippen molar-refractivity contribution in [1.29, 1.82) is 0 Å². The number of alkyl halides is 3. The Morgan fingerprint density at radius 3 is 2.34 bits per heavy atom. The zero-order valence-corrected chi connectivity index (χ0v) is 17.7. The van der Waals surface area contributed by atoms with Crippen molar-refractivity contribution in [1.82, 2.24) is 9.88 Å². The molecule has 1 aromatic heterocycles. The number of halogens is 3. The summed E-state index contributed by atoms with van der Waals surface area (Å²) >= 11 is 1.21. The van der Waals surface area contributed by atoms with Crippen molar-refractivity contribution in [3.63, 3.8) is 0 Å². The van der Waals surface area contributed by atoms with Crippen LogP contribution in [0.2, 0.25) is 0 Å². The minimum Gasteiger partial charge on any atom is -0.406 e. The van der Waals surface area contributed by atoms with Crippen LogP contribution in [0.3, 0.4) is 0 Å². The van der Waals surface area contributed by atoms with Crippen molar-refractivity contribution in [3.05, 3.63) is 40.9 Å². The highest BCUT2D eigenvalue weighted by molar-refractivity contribution is 7.15. The lowest BCUT2D eigenvalue weighted by Crippen LogP contribution is -2.38. The van der Waals surface area contributed by atoms with Gasteiger partial charge in [-0.1, -0.05) is 25.0 Å². The number of anilines is 1. The van der Waals surface area contributed by atoms with E-state index in [4.69, 9.17) is 0 Å². The van der Waals surface area contributed by atoms with Gasteiger partial charge in [0.05, 0.1) is 11.8 Å². The zero-order valence-electron chi connectivity index (χ0n) is 16.9. The number of nitrogens with one attached hydrogen (secondary N) is 1. The minimum atomic E-state index is -4.74. The molecular formula is C21H20F3N3O4S. The Morgan fingerprint density at radius 1 is 1.12 bits per heavy atom. The van der Waals surface area contributed by atoms with Gasteiger partial charge < -0.3 is 10.1 Å². The SMILES string of the molecule is O=C(CN1C(=O)C2CCCCC2C1=O)Nc1ncc(Cc2ccc(OC(F)(F)F)cc2)s1. The Morgan fingerprint density at radius 2 is 1.75 bits per heavy atom. The third-order valence-corrected chi connectivity index (χ3v) is 6.48. The number of nitrogens with zero attached hydrogens (tertiary/aromatic N) is 2. The molecule has 0 spiro atoms. The quantitative estimate of drug-likeness (QED) is 0.654. The van der Waals surface area contributed by atoms with Gasteiger partial charge in [0.25, 0.3) is 0 Å². The lowest BCUT2D eigenvalue weighted by atomic mass is 9.81. The summed E-state index contributed by atoms with van der Waals surface area (Å²) in [6, 6.07) is 5.49. The molecule has 1 aliphatic heterocycles. The summed E-state index contributed by atoms with van der Waals surface area (Å²) in [6.07, 6.45) is 0.432. The van der Waals surface area contributed by atoms with Gasteiger partial charge in [-0.2, -0.15) is 0 Å². The smallest absolute Gasteiger partial charge is 0.406 e. The molecule has 4 rings (SSSR count). The average molecular weight is 467 g/mol. The van der Waals surface area contributed by atoms with E-state index in [-0.39, 0.29) is 35.9 Å². The zero-order chi connectivity index (χ0) is 22.9. The highest BCUT2D eigenvalue weighted by atomic mass is 32.1. The lowest BCUT2D eigenvalue weighted by molar-refractivity contribution is -0.274. The van der Waals surface area contributed by atoms with Gasteiger partial charge in [0.2, 0.25) is 17.7 Å². The van der Waals surface area contributed by atoms with E-state index in [0.717, 1.165) is 28.2 Å². The van der Waals surface area contributed by atoms with Crippen LogP contribution in [0.5, 0.6) is 5.75 Å². The van der Waals surface area contributed by atoms with Crippen molar-refractivity contribution in [2.24, 2.45) is 11.8 Å². The summed E-state index contributed by atoms with van der Waals surface area (Å²) in [5.74, 6) is -1.95. The molecule has 170 valence electrons. The predicted molar refractivity (Wildman–Crippen MR) is 109 cm³/mol. The van der Waals surface area contributed by atoms with Crippen molar-refractivity contribution in [3.8, 4) is 5.75 Å². The monoisotopic (exact) mass is 467 g/mol. The Kier molecular flexibility index (Phi) is 6.18. The largest absolute Gasteiger partial charge is 0.573 e. The van der Waals surface area contributed by atoms with Gasteiger partial charge in [0.1, 0.15) is 12.3 Å². The van der Waals surface area contributed by atoms with Crippen LogP contribution in [0.25, 0.3) is 0 Å². The van der Waals surface area contributed by atoms with Gasteiger partial charge in [-0.15, -0.1) is 24.5 Å². The van der Waals surface area contributed by atoms with Crippen LogP contribution < -0.4 is 10.1 Å². The van der Waals surface area contributed by atoms with Crippen LogP contribution in [-0.2, 0) is 20.8 Å². The number of rotatable bonds is 6. The molecule has 1 aromatic carbocycles. The number of hydrogen-bond donors (Lipinski definition) is 1. The van der Waals surface area contributed by atoms with Crippen LogP contribution in [-0.4, -0.2) is 40.5 Å². The number of aromatic nitrogens is 1. The van der Waals surface area contributed by atoms with Gasteiger partial charge in [0.15, 0.2) is 5.13 Å². The van der Waals surface area contributed by atoms with E-state index < -0.39 is 12.3 Å². The van der Waals surface area contributed by atoms with E-state index in [9.17, 15) is 27.6 Å². The maximum Gasteiger partial charge on any atom is 0.573 e. The second-order valence-corrected chi connectivity index (χ2v) is 8.92. The van der Waals surface area contributed by atoms with Crippen LogP contribution in [0.1, 0.15) is 36.1 Å². The van der Waals surface area contributed by atoms with E-state index >= 15 is 0 Å². The fourth-order valence-corrected chi connectivity index (χ4v) is 5.01. The molecule has 1 saturated heterocycles. The summed E-state index contributed by atoms with van der Waals surface area (Å²) in [7, 11) is 0. The normalized spacial score (nSPS) is 20.9. The number of ether oxygens (including phenoxy) is 1. The van der Waals surface area contributed by atoms with Gasteiger partial charge in [-0.25, -0.2) is 4.98 Å².